The average Bonchev–Trinajstić information content (AvgIpc) is 3.22. The molecule has 0 fully saturated rings. The number of esters is 1. The Balaban J connectivity index is 3.50. The van der Waals surface area contributed by atoms with E-state index in [1.54, 1.807) is 0 Å². The molecule has 0 spiro atoms. The number of aliphatic hydroxyl groups excluding tert-OH is 2. The standard InChI is InChI=1S/C52H97NO5/c1-3-5-7-9-11-13-15-16-17-18-19-20-21-22-26-30-34-38-42-46-52(57)58-47-43-39-35-31-27-23-25-29-33-37-41-45-51(56)53-49(48-54)50(55)44-40-36-32-28-24-14-12-10-8-6-4-2/h11,13,16-17,27,31,49-50,54-55H,3-10,12,14-15,18-26,28-30,32-48H2,1-2H3,(H,53,56)/b13-11-,17-16-,31-27-. The first-order valence-corrected chi connectivity index (χ1v) is 25.2. The van der Waals surface area contributed by atoms with Gasteiger partial charge in [0.15, 0.2) is 0 Å². The van der Waals surface area contributed by atoms with Crippen LogP contribution in [0.3, 0.4) is 0 Å². The van der Waals surface area contributed by atoms with Crippen LogP contribution >= 0.6 is 0 Å². The van der Waals surface area contributed by atoms with Gasteiger partial charge in [-0.15, -0.1) is 0 Å². The van der Waals surface area contributed by atoms with Crippen LogP contribution in [0.4, 0.5) is 0 Å². The minimum absolute atomic E-state index is 0.0357. The van der Waals surface area contributed by atoms with Crippen molar-refractivity contribution in [3.63, 3.8) is 0 Å². The van der Waals surface area contributed by atoms with E-state index < -0.39 is 12.1 Å². The maximum Gasteiger partial charge on any atom is 0.305 e. The van der Waals surface area contributed by atoms with E-state index in [9.17, 15) is 19.8 Å². The summed E-state index contributed by atoms with van der Waals surface area (Å²) in [7, 11) is 0. The van der Waals surface area contributed by atoms with Crippen LogP contribution in [0, 0.1) is 0 Å². The highest BCUT2D eigenvalue weighted by molar-refractivity contribution is 5.76. The van der Waals surface area contributed by atoms with Crippen molar-refractivity contribution in [3.8, 4) is 0 Å². The van der Waals surface area contributed by atoms with Crippen LogP contribution in [0.2, 0.25) is 0 Å². The number of rotatable bonds is 46. The van der Waals surface area contributed by atoms with E-state index in [1.165, 1.54) is 135 Å². The number of allylic oxidation sites excluding steroid dienone is 6. The zero-order valence-electron chi connectivity index (χ0n) is 38.5. The second-order valence-corrected chi connectivity index (χ2v) is 17.1. The Kier molecular flexibility index (Phi) is 46.2. The fraction of sp³-hybridized carbons (Fsp3) is 0.846. The number of nitrogens with one attached hydrogen (secondary N) is 1. The van der Waals surface area contributed by atoms with Crippen LogP contribution in [-0.4, -0.2) is 47.4 Å². The van der Waals surface area contributed by atoms with Crippen molar-refractivity contribution in [1.29, 1.82) is 0 Å². The van der Waals surface area contributed by atoms with Crippen molar-refractivity contribution in [2.24, 2.45) is 0 Å². The Morgan fingerprint density at radius 1 is 0.483 bits per heavy atom. The Hall–Kier alpha value is -1.92. The van der Waals surface area contributed by atoms with Gasteiger partial charge in [0.25, 0.3) is 0 Å². The topological polar surface area (TPSA) is 95.9 Å². The van der Waals surface area contributed by atoms with E-state index in [1.807, 2.05) is 0 Å². The van der Waals surface area contributed by atoms with E-state index in [0.717, 1.165) is 89.9 Å². The first-order valence-electron chi connectivity index (χ1n) is 25.2. The lowest BCUT2D eigenvalue weighted by molar-refractivity contribution is -0.143. The summed E-state index contributed by atoms with van der Waals surface area (Å²) in [5, 5.41) is 23.1. The fourth-order valence-corrected chi connectivity index (χ4v) is 7.49. The molecule has 0 aliphatic rings. The van der Waals surface area contributed by atoms with Crippen LogP contribution in [0.25, 0.3) is 0 Å². The van der Waals surface area contributed by atoms with Crippen molar-refractivity contribution < 1.29 is 24.5 Å². The lowest BCUT2D eigenvalue weighted by Crippen LogP contribution is -2.45. The summed E-state index contributed by atoms with van der Waals surface area (Å²) in [6, 6.07) is -0.562. The molecule has 2 unspecified atom stereocenters. The molecule has 0 bridgehead atoms. The predicted molar refractivity (Wildman–Crippen MR) is 250 cm³/mol. The van der Waals surface area contributed by atoms with E-state index in [-0.39, 0.29) is 18.5 Å². The maximum absolute atomic E-state index is 12.4. The number of carbonyl (C=O) groups excluding carboxylic acids is 2. The van der Waals surface area contributed by atoms with E-state index in [2.05, 4.69) is 55.6 Å². The highest BCUT2D eigenvalue weighted by atomic mass is 16.5. The van der Waals surface area contributed by atoms with Gasteiger partial charge in [-0.05, 0) is 83.5 Å². The molecule has 2 atom stereocenters. The third-order valence-electron chi connectivity index (χ3n) is 11.4. The first kappa shape index (κ1) is 56.1. The van der Waals surface area contributed by atoms with Crippen LogP contribution in [-0.2, 0) is 14.3 Å². The quantitative estimate of drug-likeness (QED) is 0.0323. The van der Waals surface area contributed by atoms with Crippen LogP contribution in [0.1, 0.15) is 258 Å². The smallest absolute Gasteiger partial charge is 0.305 e. The van der Waals surface area contributed by atoms with E-state index >= 15 is 0 Å². The minimum atomic E-state index is -0.681. The molecule has 0 aromatic carbocycles. The number of carbonyl (C=O) groups is 2. The molecule has 0 rings (SSSR count). The number of hydrogen-bond acceptors (Lipinski definition) is 5. The molecule has 0 aliphatic carbocycles. The van der Waals surface area contributed by atoms with Gasteiger partial charge in [0, 0.05) is 12.8 Å². The van der Waals surface area contributed by atoms with E-state index in [4.69, 9.17) is 4.74 Å². The monoisotopic (exact) mass is 816 g/mol. The molecule has 1 amide bonds. The molecular formula is C52H97NO5. The summed E-state index contributed by atoms with van der Waals surface area (Å²) in [5.74, 6) is -0.102. The Bertz CT molecular complexity index is 946. The summed E-state index contributed by atoms with van der Waals surface area (Å²) < 4.78 is 5.44. The molecule has 58 heavy (non-hydrogen) atoms. The number of hydrogen-bond donors (Lipinski definition) is 3. The molecule has 0 saturated carbocycles. The van der Waals surface area contributed by atoms with E-state index in [0.29, 0.717) is 25.9 Å². The molecule has 0 aromatic heterocycles. The average molecular weight is 816 g/mol. The summed E-state index contributed by atoms with van der Waals surface area (Å²) in [6.45, 7) is 4.83. The molecule has 0 aromatic rings. The maximum atomic E-state index is 12.4. The normalized spacial score (nSPS) is 13.0. The van der Waals surface area contributed by atoms with Gasteiger partial charge in [-0.2, -0.15) is 0 Å². The predicted octanol–water partition coefficient (Wildman–Crippen LogP) is 14.9. The lowest BCUT2D eigenvalue weighted by atomic mass is 10.0. The summed E-state index contributed by atoms with van der Waals surface area (Å²) in [4.78, 5) is 24.4. The van der Waals surface area contributed by atoms with Crippen molar-refractivity contribution in [2.75, 3.05) is 13.2 Å². The molecule has 0 aliphatic heterocycles. The highest BCUT2D eigenvalue weighted by Gasteiger charge is 2.20. The van der Waals surface area contributed by atoms with Gasteiger partial charge in [0.05, 0.1) is 25.4 Å². The van der Waals surface area contributed by atoms with Gasteiger partial charge in [-0.3, -0.25) is 9.59 Å². The zero-order valence-corrected chi connectivity index (χ0v) is 38.5. The van der Waals surface area contributed by atoms with Crippen LogP contribution in [0.15, 0.2) is 36.5 Å². The lowest BCUT2D eigenvalue weighted by Gasteiger charge is -2.22. The highest BCUT2D eigenvalue weighted by Crippen LogP contribution is 2.15. The number of ether oxygens (including phenoxy) is 1. The largest absolute Gasteiger partial charge is 0.466 e. The molecule has 0 heterocycles. The minimum Gasteiger partial charge on any atom is -0.466 e. The molecule has 340 valence electrons. The SMILES string of the molecule is CCCCC/C=C\C/C=C\CCCCCCCCCCCC(=O)OCCCC/C=C\CCCCCCCC(=O)NC(CO)C(O)CCCCCCCCCCCCC. The Morgan fingerprint density at radius 3 is 1.36 bits per heavy atom. The molecule has 0 saturated heterocycles. The van der Waals surface area contributed by atoms with Gasteiger partial charge < -0.3 is 20.3 Å². The Morgan fingerprint density at radius 2 is 0.862 bits per heavy atom. The second-order valence-electron chi connectivity index (χ2n) is 17.1. The van der Waals surface area contributed by atoms with Gasteiger partial charge in [0.1, 0.15) is 0 Å². The van der Waals surface area contributed by atoms with Crippen LogP contribution in [0.5, 0.6) is 0 Å². The summed E-state index contributed by atoms with van der Waals surface area (Å²) >= 11 is 0. The van der Waals surface area contributed by atoms with Crippen molar-refractivity contribution >= 4 is 11.9 Å². The zero-order chi connectivity index (χ0) is 42.3. The Labute approximate surface area is 360 Å². The molecular weight excluding hydrogens is 719 g/mol. The molecule has 6 heteroatoms. The number of amides is 1. The third kappa shape index (κ3) is 43.7. The van der Waals surface area contributed by atoms with Crippen molar-refractivity contribution in [2.45, 2.75) is 270 Å². The number of unbranched alkanes of at least 4 members (excludes halogenated alkanes) is 29. The first-order chi connectivity index (χ1) is 28.5. The van der Waals surface area contributed by atoms with Gasteiger partial charge >= 0.3 is 5.97 Å². The molecule has 0 radical (unpaired) electrons. The van der Waals surface area contributed by atoms with Crippen molar-refractivity contribution in [1.82, 2.24) is 5.32 Å². The van der Waals surface area contributed by atoms with Crippen LogP contribution < -0.4 is 5.32 Å². The summed E-state index contributed by atoms with van der Waals surface area (Å²) in [6.07, 6.45) is 56.8. The molecule has 6 nitrogen and oxygen atoms in total. The van der Waals surface area contributed by atoms with Gasteiger partial charge in [-0.1, -0.05) is 198 Å². The second kappa shape index (κ2) is 47.8. The van der Waals surface area contributed by atoms with Crippen molar-refractivity contribution in [3.05, 3.63) is 36.5 Å². The third-order valence-corrected chi connectivity index (χ3v) is 11.4. The van der Waals surface area contributed by atoms with Gasteiger partial charge in [0.2, 0.25) is 5.91 Å². The fourth-order valence-electron chi connectivity index (χ4n) is 7.49. The summed E-state index contributed by atoms with van der Waals surface area (Å²) in [5.41, 5.74) is 0. The molecule has 3 N–H and O–H groups in total. The number of aliphatic hydroxyl groups is 2. The van der Waals surface area contributed by atoms with Gasteiger partial charge in [-0.25, -0.2) is 0 Å².